The molecule has 2 N–H and O–H groups in total. The van der Waals surface area contributed by atoms with Crippen molar-refractivity contribution < 1.29 is 4.79 Å². The number of amides is 1. The lowest BCUT2D eigenvalue weighted by atomic mass is 10.1. The van der Waals surface area contributed by atoms with Crippen LogP contribution >= 0.6 is 12.2 Å². The predicted molar refractivity (Wildman–Crippen MR) is 79.7 cm³/mol. The maximum Gasteiger partial charge on any atom is 0.226 e. The molecule has 0 unspecified atom stereocenters. The maximum atomic E-state index is 11.5. The fourth-order valence-corrected chi connectivity index (χ4v) is 1.76. The van der Waals surface area contributed by atoms with Gasteiger partial charge in [0, 0.05) is 12.1 Å². The molecule has 0 aliphatic heterocycles. The highest BCUT2D eigenvalue weighted by molar-refractivity contribution is 7.80. The van der Waals surface area contributed by atoms with Crippen LogP contribution in [0.4, 0.5) is 5.69 Å². The Labute approximate surface area is 114 Å². The van der Waals surface area contributed by atoms with Crippen LogP contribution in [0.2, 0.25) is 0 Å². The zero-order valence-electron chi connectivity index (χ0n) is 11.3. The van der Waals surface area contributed by atoms with Crippen molar-refractivity contribution in [2.75, 3.05) is 5.32 Å². The minimum Gasteiger partial charge on any atom is -0.332 e. The largest absolute Gasteiger partial charge is 0.332 e. The molecule has 18 heavy (non-hydrogen) atoms. The summed E-state index contributed by atoms with van der Waals surface area (Å²) >= 11 is 5.10. The second-order valence-electron chi connectivity index (χ2n) is 4.90. The van der Waals surface area contributed by atoms with Gasteiger partial charge in [-0.25, -0.2) is 0 Å². The summed E-state index contributed by atoms with van der Waals surface area (Å²) in [6, 6.07) is 5.98. The molecule has 0 atom stereocenters. The molecule has 3 nitrogen and oxygen atoms in total. The molecule has 0 aliphatic carbocycles. The molecule has 1 aromatic rings. The second-order valence-corrected chi connectivity index (χ2v) is 5.31. The van der Waals surface area contributed by atoms with Gasteiger partial charge >= 0.3 is 0 Å². The Balaban J connectivity index is 2.54. The van der Waals surface area contributed by atoms with Crippen molar-refractivity contribution in [1.82, 2.24) is 5.32 Å². The number of rotatable bonds is 3. The van der Waals surface area contributed by atoms with Crippen molar-refractivity contribution >= 4 is 28.9 Å². The summed E-state index contributed by atoms with van der Waals surface area (Å²) in [6.45, 7) is 8.10. The van der Waals surface area contributed by atoms with E-state index < -0.39 is 0 Å². The summed E-state index contributed by atoms with van der Waals surface area (Å²) in [6.07, 6.45) is 0.481. The smallest absolute Gasteiger partial charge is 0.226 e. The Morgan fingerprint density at radius 2 is 1.94 bits per heavy atom. The van der Waals surface area contributed by atoms with Crippen molar-refractivity contribution in [1.29, 1.82) is 0 Å². The monoisotopic (exact) mass is 264 g/mol. The number of carbonyl (C=O) groups is 1. The third-order valence-corrected chi connectivity index (χ3v) is 2.82. The van der Waals surface area contributed by atoms with Gasteiger partial charge in [-0.05, 0) is 55.2 Å². The summed E-state index contributed by atoms with van der Waals surface area (Å²) in [5.74, 6) is 0.278. The van der Waals surface area contributed by atoms with Crippen LogP contribution in [0.1, 0.15) is 31.4 Å². The molecular weight excluding hydrogens is 244 g/mol. The number of hydrogen-bond donors (Lipinski definition) is 2. The fourth-order valence-electron chi connectivity index (χ4n) is 1.53. The lowest BCUT2D eigenvalue weighted by molar-refractivity contribution is -0.120. The Kier molecular flexibility index (Phi) is 5.28. The first-order chi connectivity index (χ1) is 8.38. The van der Waals surface area contributed by atoms with Crippen molar-refractivity contribution in [3.8, 4) is 0 Å². The topological polar surface area (TPSA) is 41.1 Å². The highest BCUT2D eigenvalue weighted by Crippen LogP contribution is 2.13. The van der Waals surface area contributed by atoms with E-state index in [1.165, 1.54) is 11.1 Å². The molecule has 0 bridgehead atoms. The molecule has 0 radical (unpaired) electrons. The van der Waals surface area contributed by atoms with Gasteiger partial charge in [0.2, 0.25) is 5.91 Å². The Hall–Kier alpha value is -1.42. The molecule has 1 amide bonds. The van der Waals surface area contributed by atoms with Crippen molar-refractivity contribution in [3.05, 3.63) is 29.3 Å². The average Bonchev–Trinajstić information content (AvgIpc) is 2.21. The Morgan fingerprint density at radius 1 is 1.28 bits per heavy atom. The third-order valence-electron chi connectivity index (χ3n) is 2.61. The normalized spacial score (nSPS) is 10.3. The van der Waals surface area contributed by atoms with E-state index in [0.29, 0.717) is 17.5 Å². The molecular formula is C14H20N2OS. The lowest BCUT2D eigenvalue weighted by Crippen LogP contribution is -2.34. The minimum atomic E-state index is -0.0497. The van der Waals surface area contributed by atoms with Crippen LogP contribution in [-0.2, 0) is 4.79 Å². The molecule has 0 heterocycles. The highest BCUT2D eigenvalue weighted by Gasteiger charge is 2.07. The number of thiocarbonyl (C=S) groups is 1. The number of aryl methyl sites for hydroxylation is 2. The van der Waals surface area contributed by atoms with Crippen LogP contribution in [0, 0.1) is 19.8 Å². The van der Waals surface area contributed by atoms with Gasteiger partial charge in [-0.1, -0.05) is 19.9 Å². The molecule has 0 saturated carbocycles. The number of hydrogen-bond acceptors (Lipinski definition) is 2. The molecule has 1 aromatic carbocycles. The van der Waals surface area contributed by atoms with E-state index in [9.17, 15) is 4.79 Å². The van der Waals surface area contributed by atoms with Crippen LogP contribution in [-0.4, -0.2) is 11.0 Å². The molecule has 0 saturated heterocycles. The van der Waals surface area contributed by atoms with E-state index in [-0.39, 0.29) is 5.91 Å². The molecule has 98 valence electrons. The molecule has 0 aliphatic rings. The molecule has 0 spiro atoms. The average molecular weight is 264 g/mol. The number of nitrogens with one attached hydrogen (secondary N) is 2. The summed E-state index contributed by atoms with van der Waals surface area (Å²) in [5.41, 5.74) is 3.32. The fraction of sp³-hybridized carbons (Fsp3) is 0.429. The highest BCUT2D eigenvalue weighted by atomic mass is 32.1. The first kappa shape index (κ1) is 14.6. The molecule has 1 rings (SSSR count). The number of carbonyl (C=O) groups excluding carboxylic acids is 1. The maximum absolute atomic E-state index is 11.5. The van der Waals surface area contributed by atoms with Gasteiger partial charge in [0.05, 0.1) is 0 Å². The van der Waals surface area contributed by atoms with Crippen molar-refractivity contribution in [2.24, 2.45) is 5.92 Å². The van der Waals surface area contributed by atoms with Gasteiger partial charge in [0.15, 0.2) is 5.11 Å². The van der Waals surface area contributed by atoms with Gasteiger partial charge in [-0.15, -0.1) is 0 Å². The zero-order valence-corrected chi connectivity index (χ0v) is 12.1. The second kappa shape index (κ2) is 6.50. The van der Waals surface area contributed by atoms with E-state index in [1.807, 2.05) is 39.0 Å². The zero-order chi connectivity index (χ0) is 13.7. The molecule has 0 aromatic heterocycles. The van der Waals surface area contributed by atoms with Gasteiger partial charge in [-0.3, -0.25) is 4.79 Å². The van der Waals surface area contributed by atoms with E-state index in [1.54, 1.807) is 0 Å². The van der Waals surface area contributed by atoms with Crippen molar-refractivity contribution in [2.45, 2.75) is 34.1 Å². The van der Waals surface area contributed by atoms with E-state index in [0.717, 1.165) is 5.69 Å². The quantitative estimate of drug-likeness (QED) is 0.824. The lowest BCUT2D eigenvalue weighted by Gasteiger charge is -2.11. The van der Waals surface area contributed by atoms with Crippen LogP contribution < -0.4 is 10.6 Å². The summed E-state index contributed by atoms with van der Waals surface area (Å²) in [5, 5.41) is 6.04. The Bertz CT molecular complexity index is 455. The first-order valence-corrected chi connectivity index (χ1v) is 6.47. The number of benzene rings is 1. The van der Waals surface area contributed by atoms with Gasteiger partial charge in [0.1, 0.15) is 0 Å². The van der Waals surface area contributed by atoms with Gasteiger partial charge < -0.3 is 10.6 Å². The number of anilines is 1. The SMILES string of the molecule is Cc1ccc(NC(=S)NC(=O)CC(C)C)cc1C. The van der Waals surface area contributed by atoms with E-state index >= 15 is 0 Å². The van der Waals surface area contributed by atoms with E-state index in [4.69, 9.17) is 12.2 Å². The summed E-state index contributed by atoms with van der Waals surface area (Å²) in [7, 11) is 0. The van der Waals surface area contributed by atoms with Crippen LogP contribution in [0.5, 0.6) is 0 Å². The van der Waals surface area contributed by atoms with Gasteiger partial charge in [0.25, 0.3) is 0 Å². The minimum absolute atomic E-state index is 0.0497. The summed E-state index contributed by atoms with van der Waals surface area (Å²) in [4.78, 5) is 11.5. The third kappa shape index (κ3) is 4.84. The van der Waals surface area contributed by atoms with Crippen LogP contribution in [0.25, 0.3) is 0 Å². The first-order valence-electron chi connectivity index (χ1n) is 6.06. The summed E-state index contributed by atoms with van der Waals surface area (Å²) < 4.78 is 0. The Morgan fingerprint density at radius 3 is 2.50 bits per heavy atom. The van der Waals surface area contributed by atoms with Crippen molar-refractivity contribution in [3.63, 3.8) is 0 Å². The standard InChI is InChI=1S/C14H20N2OS/c1-9(2)7-13(17)16-14(18)15-12-6-5-10(3)11(4)8-12/h5-6,8-9H,7H2,1-4H3,(H2,15,16,17,18). The van der Waals surface area contributed by atoms with Crippen LogP contribution in [0.15, 0.2) is 18.2 Å². The van der Waals surface area contributed by atoms with E-state index in [2.05, 4.69) is 17.6 Å². The predicted octanol–water partition coefficient (Wildman–Crippen LogP) is 3.16. The molecule has 4 heteroatoms. The van der Waals surface area contributed by atoms with Gasteiger partial charge in [-0.2, -0.15) is 0 Å². The van der Waals surface area contributed by atoms with Crippen LogP contribution in [0.3, 0.4) is 0 Å². The molecule has 0 fully saturated rings.